The van der Waals surface area contributed by atoms with Crippen LogP contribution in [0, 0.1) is 5.82 Å². The third-order valence-corrected chi connectivity index (χ3v) is 2.35. The molecule has 0 radical (unpaired) electrons. The summed E-state index contributed by atoms with van der Waals surface area (Å²) in [5.74, 6) is -1.79. The summed E-state index contributed by atoms with van der Waals surface area (Å²) in [5.41, 5.74) is 0.109. The van der Waals surface area contributed by atoms with Crippen molar-refractivity contribution in [2.75, 3.05) is 10.6 Å². The summed E-state index contributed by atoms with van der Waals surface area (Å²) in [5, 5.41) is 13.6. The van der Waals surface area contributed by atoms with Gasteiger partial charge in [0.2, 0.25) is 0 Å². The van der Waals surface area contributed by atoms with E-state index in [1.165, 1.54) is 36.5 Å². The second kappa shape index (κ2) is 5.79. The first kappa shape index (κ1) is 13.5. The van der Waals surface area contributed by atoms with Crippen molar-refractivity contribution >= 4 is 23.5 Å². The molecular formula is C13H10FN3O3. The normalized spacial score (nSPS) is 9.85. The molecule has 0 saturated heterocycles. The minimum atomic E-state index is -1.21. The number of hydrogen-bond acceptors (Lipinski definition) is 3. The molecule has 7 heteroatoms. The van der Waals surface area contributed by atoms with E-state index in [1.807, 2.05) is 0 Å². The largest absolute Gasteiger partial charge is 0.478 e. The zero-order valence-corrected chi connectivity index (χ0v) is 10.1. The molecule has 0 bridgehead atoms. The van der Waals surface area contributed by atoms with Crippen LogP contribution in [0.15, 0.2) is 42.6 Å². The van der Waals surface area contributed by atoms with Gasteiger partial charge in [-0.3, -0.25) is 5.32 Å². The molecule has 102 valence electrons. The van der Waals surface area contributed by atoms with Gasteiger partial charge in [0.05, 0.1) is 0 Å². The number of aromatic carboxylic acids is 1. The van der Waals surface area contributed by atoms with Gasteiger partial charge in [-0.1, -0.05) is 6.07 Å². The topological polar surface area (TPSA) is 91.3 Å². The van der Waals surface area contributed by atoms with E-state index < -0.39 is 17.8 Å². The Morgan fingerprint density at radius 1 is 1.15 bits per heavy atom. The van der Waals surface area contributed by atoms with Crippen LogP contribution in [0.1, 0.15) is 10.4 Å². The van der Waals surface area contributed by atoms with E-state index in [2.05, 4.69) is 15.6 Å². The number of benzene rings is 1. The minimum Gasteiger partial charge on any atom is -0.478 e. The van der Waals surface area contributed by atoms with E-state index in [9.17, 15) is 14.0 Å². The second-order valence-electron chi connectivity index (χ2n) is 3.79. The first-order chi connectivity index (χ1) is 9.56. The van der Waals surface area contributed by atoms with Gasteiger partial charge in [0, 0.05) is 11.9 Å². The quantitative estimate of drug-likeness (QED) is 0.802. The smallest absolute Gasteiger partial charge is 0.339 e. The van der Waals surface area contributed by atoms with E-state index >= 15 is 0 Å². The Kier molecular flexibility index (Phi) is 3.90. The zero-order valence-electron chi connectivity index (χ0n) is 10.1. The number of rotatable bonds is 3. The van der Waals surface area contributed by atoms with Crippen molar-refractivity contribution in [3.8, 4) is 0 Å². The Bertz CT molecular complexity index is 661. The molecule has 2 rings (SSSR count). The summed E-state index contributed by atoms with van der Waals surface area (Å²) in [7, 11) is 0. The lowest BCUT2D eigenvalue weighted by atomic mass is 10.2. The third kappa shape index (κ3) is 3.29. The lowest BCUT2D eigenvalue weighted by Gasteiger charge is -2.08. The van der Waals surface area contributed by atoms with Crippen LogP contribution in [-0.2, 0) is 0 Å². The molecule has 2 aromatic rings. The molecule has 1 aromatic carbocycles. The van der Waals surface area contributed by atoms with Gasteiger partial charge in [0.1, 0.15) is 17.2 Å². The standard InChI is InChI=1S/C13H10FN3O3/c14-8-3-1-4-9(7-8)16-13(20)17-11-10(12(18)19)5-2-6-15-11/h1-7H,(H,18,19)(H2,15,16,17,20). The van der Waals surface area contributed by atoms with Gasteiger partial charge in [-0.15, -0.1) is 0 Å². The van der Waals surface area contributed by atoms with E-state index in [0.29, 0.717) is 0 Å². The molecule has 20 heavy (non-hydrogen) atoms. The summed E-state index contributed by atoms with van der Waals surface area (Å²) in [6.45, 7) is 0. The van der Waals surface area contributed by atoms with Crippen molar-refractivity contribution in [1.29, 1.82) is 0 Å². The maximum atomic E-state index is 13.0. The monoisotopic (exact) mass is 275 g/mol. The van der Waals surface area contributed by atoms with E-state index in [1.54, 1.807) is 0 Å². The fourth-order valence-corrected chi connectivity index (χ4v) is 1.51. The highest BCUT2D eigenvalue weighted by Crippen LogP contribution is 2.13. The summed E-state index contributed by atoms with van der Waals surface area (Å²) in [6, 6.07) is 7.36. The van der Waals surface area contributed by atoms with Crippen molar-refractivity contribution in [3.05, 3.63) is 54.0 Å². The number of carbonyl (C=O) groups excluding carboxylic acids is 1. The molecule has 2 amide bonds. The van der Waals surface area contributed by atoms with Crippen molar-refractivity contribution in [3.63, 3.8) is 0 Å². The molecule has 0 saturated carbocycles. The number of carboxylic acids is 1. The number of pyridine rings is 1. The zero-order chi connectivity index (χ0) is 14.5. The van der Waals surface area contributed by atoms with Crippen LogP contribution in [0.4, 0.5) is 20.7 Å². The van der Waals surface area contributed by atoms with Gasteiger partial charge >= 0.3 is 12.0 Å². The minimum absolute atomic E-state index is 0.0890. The number of amides is 2. The highest BCUT2D eigenvalue weighted by molar-refractivity contribution is 6.03. The van der Waals surface area contributed by atoms with Gasteiger partial charge in [-0.2, -0.15) is 0 Å². The number of anilines is 2. The Balaban J connectivity index is 2.11. The molecule has 0 unspecified atom stereocenters. The molecule has 3 N–H and O–H groups in total. The lowest BCUT2D eigenvalue weighted by molar-refractivity contribution is 0.0697. The van der Waals surface area contributed by atoms with Crippen LogP contribution in [0.5, 0.6) is 0 Å². The molecule has 0 fully saturated rings. The van der Waals surface area contributed by atoms with Crippen molar-refractivity contribution < 1.29 is 19.1 Å². The molecule has 0 aliphatic heterocycles. The van der Waals surface area contributed by atoms with Crippen molar-refractivity contribution in [2.24, 2.45) is 0 Å². The predicted molar refractivity (Wildman–Crippen MR) is 70.2 cm³/mol. The van der Waals surface area contributed by atoms with E-state index in [0.717, 1.165) is 6.07 Å². The number of carboxylic acid groups (broad SMARTS) is 1. The lowest BCUT2D eigenvalue weighted by Crippen LogP contribution is -2.21. The maximum absolute atomic E-state index is 13.0. The second-order valence-corrected chi connectivity index (χ2v) is 3.79. The van der Waals surface area contributed by atoms with Crippen molar-refractivity contribution in [2.45, 2.75) is 0 Å². The molecular weight excluding hydrogens is 265 g/mol. The van der Waals surface area contributed by atoms with Crippen LogP contribution in [0.2, 0.25) is 0 Å². The average molecular weight is 275 g/mol. The fourth-order valence-electron chi connectivity index (χ4n) is 1.51. The summed E-state index contributed by atoms with van der Waals surface area (Å²) in [4.78, 5) is 26.4. The van der Waals surface area contributed by atoms with Gasteiger partial charge in [0.25, 0.3) is 0 Å². The highest BCUT2D eigenvalue weighted by atomic mass is 19.1. The Labute approximate surface area is 113 Å². The van der Waals surface area contributed by atoms with Gasteiger partial charge in [0.15, 0.2) is 0 Å². The van der Waals surface area contributed by atoms with Crippen LogP contribution >= 0.6 is 0 Å². The fraction of sp³-hybridized carbons (Fsp3) is 0. The summed E-state index contributed by atoms with van der Waals surface area (Å²) in [6.07, 6.45) is 1.35. The highest BCUT2D eigenvalue weighted by Gasteiger charge is 2.13. The number of urea groups is 1. The molecule has 6 nitrogen and oxygen atoms in total. The molecule has 1 aromatic heterocycles. The molecule has 0 aliphatic rings. The molecule has 0 atom stereocenters. The van der Waals surface area contributed by atoms with Crippen LogP contribution in [0.25, 0.3) is 0 Å². The van der Waals surface area contributed by atoms with Gasteiger partial charge in [-0.05, 0) is 30.3 Å². The van der Waals surface area contributed by atoms with Gasteiger partial charge in [-0.25, -0.2) is 19.0 Å². The molecule has 0 aliphatic carbocycles. The Hall–Kier alpha value is -2.96. The first-order valence-corrected chi connectivity index (χ1v) is 5.58. The Morgan fingerprint density at radius 2 is 1.95 bits per heavy atom. The number of hydrogen-bond donors (Lipinski definition) is 3. The van der Waals surface area contributed by atoms with Gasteiger partial charge < -0.3 is 10.4 Å². The van der Waals surface area contributed by atoms with Crippen LogP contribution < -0.4 is 10.6 Å². The summed E-state index contributed by atoms with van der Waals surface area (Å²) < 4.78 is 13.0. The number of halogens is 1. The molecule has 1 heterocycles. The van der Waals surface area contributed by atoms with E-state index in [-0.39, 0.29) is 17.1 Å². The Morgan fingerprint density at radius 3 is 2.65 bits per heavy atom. The summed E-state index contributed by atoms with van der Waals surface area (Å²) >= 11 is 0. The van der Waals surface area contributed by atoms with Crippen LogP contribution in [0.3, 0.4) is 0 Å². The van der Waals surface area contributed by atoms with Crippen molar-refractivity contribution in [1.82, 2.24) is 4.98 Å². The third-order valence-electron chi connectivity index (χ3n) is 2.35. The van der Waals surface area contributed by atoms with E-state index in [4.69, 9.17) is 5.11 Å². The predicted octanol–water partition coefficient (Wildman–Crippen LogP) is 2.56. The maximum Gasteiger partial charge on any atom is 0.339 e. The molecule has 0 spiro atoms. The first-order valence-electron chi connectivity index (χ1n) is 5.58. The number of nitrogens with one attached hydrogen (secondary N) is 2. The SMILES string of the molecule is O=C(Nc1cccc(F)c1)Nc1ncccc1C(=O)O. The number of aromatic nitrogens is 1. The average Bonchev–Trinajstić information content (AvgIpc) is 2.38. The number of carbonyl (C=O) groups is 2. The number of nitrogens with zero attached hydrogens (tertiary/aromatic N) is 1. The van der Waals surface area contributed by atoms with Crippen LogP contribution in [-0.4, -0.2) is 22.1 Å².